The van der Waals surface area contributed by atoms with E-state index >= 15 is 0 Å². The molecule has 0 unspecified atom stereocenters. The summed E-state index contributed by atoms with van der Waals surface area (Å²) in [6.07, 6.45) is 2.53. The Morgan fingerprint density at radius 3 is 3.06 bits per heavy atom. The predicted molar refractivity (Wildman–Crippen MR) is 74.6 cm³/mol. The summed E-state index contributed by atoms with van der Waals surface area (Å²) >= 11 is 1.37. The minimum absolute atomic E-state index is 0.0653. The Labute approximate surface area is 110 Å². The first-order valence-corrected chi connectivity index (χ1v) is 6.62. The van der Waals surface area contributed by atoms with Crippen molar-refractivity contribution < 1.29 is 4.79 Å². The second-order valence-electron chi connectivity index (χ2n) is 3.91. The number of amides is 1. The molecule has 0 spiro atoms. The number of anilines is 1. The van der Waals surface area contributed by atoms with Crippen molar-refractivity contribution in [1.82, 2.24) is 10.3 Å². The normalized spacial score (nSPS) is 10.3. The van der Waals surface area contributed by atoms with Crippen LogP contribution in [0, 0.1) is 0 Å². The van der Waals surface area contributed by atoms with Gasteiger partial charge in [-0.2, -0.15) is 0 Å². The third-order valence-corrected chi connectivity index (χ3v) is 3.44. The van der Waals surface area contributed by atoms with Gasteiger partial charge in [0.2, 0.25) is 0 Å². The zero-order chi connectivity index (χ0) is 13.0. The monoisotopic (exact) mass is 261 g/mol. The topological polar surface area (TPSA) is 68.0 Å². The molecule has 0 fully saturated rings. The summed E-state index contributed by atoms with van der Waals surface area (Å²) in [4.78, 5) is 16.6. The van der Waals surface area contributed by atoms with Crippen LogP contribution in [0.2, 0.25) is 0 Å². The maximum absolute atomic E-state index is 11.7. The summed E-state index contributed by atoms with van der Waals surface area (Å²) in [7, 11) is 0. The zero-order valence-electron chi connectivity index (χ0n) is 10.1. The van der Waals surface area contributed by atoms with E-state index in [1.807, 2.05) is 31.2 Å². The number of benzene rings is 1. The molecule has 5 heteroatoms. The summed E-state index contributed by atoms with van der Waals surface area (Å²) in [5.41, 5.74) is 7.36. The highest BCUT2D eigenvalue weighted by Crippen LogP contribution is 2.26. The summed E-state index contributed by atoms with van der Waals surface area (Å²) in [5.74, 6) is -0.0653. The van der Waals surface area contributed by atoms with Gasteiger partial charge < -0.3 is 11.1 Å². The Morgan fingerprint density at radius 1 is 1.50 bits per heavy atom. The van der Waals surface area contributed by atoms with Crippen molar-refractivity contribution in [3.05, 3.63) is 35.3 Å². The van der Waals surface area contributed by atoms with Crippen molar-refractivity contribution in [3.8, 4) is 10.6 Å². The first-order chi connectivity index (χ1) is 8.70. The molecular formula is C13H15N3OS. The molecule has 0 aliphatic carbocycles. The number of nitrogens with zero attached hydrogens (tertiary/aromatic N) is 1. The molecule has 1 aromatic carbocycles. The van der Waals surface area contributed by atoms with Crippen molar-refractivity contribution in [2.24, 2.45) is 0 Å². The maximum atomic E-state index is 11.7. The lowest BCUT2D eigenvalue weighted by Gasteiger charge is -1.99. The molecule has 1 aromatic heterocycles. The number of nitrogens with one attached hydrogen (secondary N) is 1. The molecule has 18 heavy (non-hydrogen) atoms. The van der Waals surface area contributed by atoms with Gasteiger partial charge in [-0.25, -0.2) is 4.98 Å². The Morgan fingerprint density at radius 2 is 2.33 bits per heavy atom. The summed E-state index contributed by atoms with van der Waals surface area (Å²) < 4.78 is 0. The maximum Gasteiger partial charge on any atom is 0.263 e. The molecule has 2 rings (SSSR count). The number of carbonyl (C=O) groups excluding carboxylic acids is 1. The van der Waals surface area contributed by atoms with Crippen molar-refractivity contribution in [2.75, 3.05) is 12.3 Å². The van der Waals surface area contributed by atoms with Gasteiger partial charge >= 0.3 is 0 Å². The van der Waals surface area contributed by atoms with Crippen LogP contribution in [-0.2, 0) is 0 Å². The first-order valence-electron chi connectivity index (χ1n) is 5.80. The number of hydrogen-bond acceptors (Lipinski definition) is 4. The number of carbonyl (C=O) groups is 1. The van der Waals surface area contributed by atoms with E-state index in [1.165, 1.54) is 11.3 Å². The molecule has 0 aliphatic heterocycles. The van der Waals surface area contributed by atoms with Gasteiger partial charge in [0.25, 0.3) is 5.91 Å². The lowest BCUT2D eigenvalue weighted by molar-refractivity contribution is 0.0957. The van der Waals surface area contributed by atoms with E-state index < -0.39 is 0 Å². The molecule has 94 valence electrons. The molecule has 0 saturated carbocycles. The minimum Gasteiger partial charge on any atom is -0.399 e. The first kappa shape index (κ1) is 12.6. The van der Waals surface area contributed by atoms with E-state index in [0.29, 0.717) is 17.1 Å². The van der Waals surface area contributed by atoms with Crippen LogP contribution in [0.15, 0.2) is 30.5 Å². The fraction of sp³-hybridized carbons (Fsp3) is 0.231. The summed E-state index contributed by atoms with van der Waals surface area (Å²) in [5, 5.41) is 3.64. The van der Waals surface area contributed by atoms with Crippen molar-refractivity contribution in [1.29, 1.82) is 0 Å². The van der Waals surface area contributed by atoms with Gasteiger partial charge in [-0.3, -0.25) is 4.79 Å². The van der Waals surface area contributed by atoms with Crippen molar-refractivity contribution >= 4 is 22.9 Å². The van der Waals surface area contributed by atoms with Crippen LogP contribution in [-0.4, -0.2) is 17.4 Å². The standard InChI is InChI=1S/C13H15N3OS/c1-2-6-15-12(17)11-8-16-13(18-11)9-4-3-5-10(14)7-9/h3-5,7-8H,2,6,14H2,1H3,(H,15,17). The molecule has 4 nitrogen and oxygen atoms in total. The third kappa shape index (κ3) is 2.87. The second-order valence-corrected chi connectivity index (χ2v) is 4.94. The molecular weight excluding hydrogens is 246 g/mol. The molecule has 0 bridgehead atoms. The molecule has 0 aliphatic rings. The number of aromatic nitrogens is 1. The smallest absolute Gasteiger partial charge is 0.263 e. The van der Waals surface area contributed by atoms with E-state index in [2.05, 4.69) is 10.3 Å². The Kier molecular flexibility index (Phi) is 3.94. The van der Waals surface area contributed by atoms with Gasteiger partial charge in [0.05, 0.1) is 6.20 Å². The highest BCUT2D eigenvalue weighted by Gasteiger charge is 2.10. The molecule has 3 N–H and O–H groups in total. The molecule has 1 amide bonds. The van der Waals surface area contributed by atoms with Crippen LogP contribution in [0.5, 0.6) is 0 Å². The molecule has 1 heterocycles. The zero-order valence-corrected chi connectivity index (χ0v) is 11.0. The molecule has 0 saturated heterocycles. The third-order valence-electron chi connectivity index (χ3n) is 2.40. The lowest BCUT2D eigenvalue weighted by Crippen LogP contribution is -2.22. The van der Waals surface area contributed by atoms with Gasteiger partial charge in [-0.05, 0) is 18.6 Å². The van der Waals surface area contributed by atoms with Crippen LogP contribution in [0.3, 0.4) is 0 Å². The summed E-state index contributed by atoms with van der Waals surface area (Å²) in [6.45, 7) is 2.70. The van der Waals surface area contributed by atoms with E-state index in [1.54, 1.807) is 6.20 Å². The number of thiazole rings is 1. The molecule has 0 atom stereocenters. The van der Waals surface area contributed by atoms with Crippen LogP contribution < -0.4 is 11.1 Å². The highest BCUT2D eigenvalue weighted by molar-refractivity contribution is 7.16. The SMILES string of the molecule is CCCNC(=O)c1cnc(-c2cccc(N)c2)s1. The quantitative estimate of drug-likeness (QED) is 0.831. The van der Waals surface area contributed by atoms with Crippen LogP contribution in [0.1, 0.15) is 23.0 Å². The Bertz CT molecular complexity index is 551. The van der Waals surface area contributed by atoms with E-state index in [4.69, 9.17) is 5.73 Å². The van der Waals surface area contributed by atoms with Gasteiger partial charge in [-0.15, -0.1) is 11.3 Å². The fourth-order valence-corrected chi connectivity index (χ4v) is 2.34. The average Bonchev–Trinajstić information content (AvgIpc) is 2.85. The number of hydrogen-bond donors (Lipinski definition) is 2. The van der Waals surface area contributed by atoms with Crippen LogP contribution >= 0.6 is 11.3 Å². The number of rotatable bonds is 4. The number of nitrogens with two attached hydrogens (primary N) is 1. The van der Waals surface area contributed by atoms with Gasteiger partial charge in [0, 0.05) is 17.8 Å². The van der Waals surface area contributed by atoms with Gasteiger partial charge in [0.15, 0.2) is 0 Å². The predicted octanol–water partition coefficient (Wildman–Crippen LogP) is 2.53. The van der Waals surface area contributed by atoms with Crippen molar-refractivity contribution in [3.63, 3.8) is 0 Å². The van der Waals surface area contributed by atoms with Crippen LogP contribution in [0.25, 0.3) is 10.6 Å². The lowest BCUT2D eigenvalue weighted by atomic mass is 10.2. The van der Waals surface area contributed by atoms with Gasteiger partial charge in [-0.1, -0.05) is 19.1 Å². The average molecular weight is 261 g/mol. The van der Waals surface area contributed by atoms with Crippen molar-refractivity contribution in [2.45, 2.75) is 13.3 Å². The van der Waals surface area contributed by atoms with Crippen LogP contribution in [0.4, 0.5) is 5.69 Å². The number of nitrogen functional groups attached to an aromatic ring is 1. The van der Waals surface area contributed by atoms with E-state index in [-0.39, 0.29) is 5.91 Å². The second kappa shape index (κ2) is 5.64. The largest absolute Gasteiger partial charge is 0.399 e. The van der Waals surface area contributed by atoms with E-state index in [0.717, 1.165) is 17.0 Å². The minimum atomic E-state index is -0.0653. The fourth-order valence-electron chi connectivity index (χ4n) is 1.51. The Balaban J connectivity index is 2.17. The molecule has 0 radical (unpaired) electrons. The summed E-state index contributed by atoms with van der Waals surface area (Å²) in [6, 6.07) is 7.49. The highest BCUT2D eigenvalue weighted by atomic mass is 32.1. The Hall–Kier alpha value is -1.88. The van der Waals surface area contributed by atoms with E-state index in [9.17, 15) is 4.79 Å². The van der Waals surface area contributed by atoms with Gasteiger partial charge in [0.1, 0.15) is 9.88 Å². The molecule has 2 aromatic rings.